The van der Waals surface area contributed by atoms with E-state index in [0.717, 1.165) is 31.6 Å². The van der Waals surface area contributed by atoms with Gasteiger partial charge in [-0.3, -0.25) is 14.7 Å². The first kappa shape index (κ1) is 14.0. The zero-order valence-corrected chi connectivity index (χ0v) is 11.9. The van der Waals surface area contributed by atoms with Gasteiger partial charge in [0.2, 0.25) is 0 Å². The fraction of sp³-hybridized carbons (Fsp3) is 0.500. The van der Waals surface area contributed by atoms with Gasteiger partial charge in [0, 0.05) is 38.6 Å². The molecule has 1 saturated heterocycles. The lowest BCUT2D eigenvalue weighted by molar-refractivity contribution is 0.0762. The molecule has 1 aliphatic heterocycles. The molecule has 7 nitrogen and oxygen atoms in total. The van der Waals surface area contributed by atoms with Crippen LogP contribution in [0.25, 0.3) is 5.52 Å². The molecule has 112 valence electrons. The van der Waals surface area contributed by atoms with Crippen LogP contribution in [0.1, 0.15) is 16.8 Å². The highest BCUT2D eigenvalue weighted by Crippen LogP contribution is 2.13. The van der Waals surface area contributed by atoms with Crippen molar-refractivity contribution in [1.82, 2.24) is 24.4 Å². The smallest absolute Gasteiger partial charge is 0.257 e. The van der Waals surface area contributed by atoms with Gasteiger partial charge in [-0.15, -0.1) is 0 Å². The molecule has 1 N–H and O–H groups in total. The predicted molar refractivity (Wildman–Crippen MR) is 77.0 cm³/mol. The third-order valence-electron chi connectivity index (χ3n) is 3.85. The van der Waals surface area contributed by atoms with Crippen LogP contribution in [0, 0.1) is 0 Å². The first-order chi connectivity index (χ1) is 10.3. The lowest BCUT2D eigenvalue weighted by Gasteiger charge is -2.21. The number of fused-ring (bicyclic) bond motifs is 1. The van der Waals surface area contributed by atoms with Gasteiger partial charge in [-0.2, -0.15) is 5.10 Å². The monoisotopic (exact) mass is 289 g/mol. The van der Waals surface area contributed by atoms with Crippen LogP contribution in [-0.4, -0.2) is 74.7 Å². The Morgan fingerprint density at radius 1 is 1.24 bits per heavy atom. The largest absolute Gasteiger partial charge is 0.395 e. The fourth-order valence-electron chi connectivity index (χ4n) is 2.71. The van der Waals surface area contributed by atoms with E-state index in [-0.39, 0.29) is 12.5 Å². The fourth-order valence-corrected chi connectivity index (χ4v) is 2.71. The number of aliphatic hydroxyl groups is 1. The van der Waals surface area contributed by atoms with E-state index in [0.29, 0.717) is 18.7 Å². The van der Waals surface area contributed by atoms with Gasteiger partial charge in [-0.05, 0) is 13.0 Å². The van der Waals surface area contributed by atoms with Crippen molar-refractivity contribution in [3.05, 3.63) is 30.4 Å². The Kier molecular flexibility index (Phi) is 4.12. The van der Waals surface area contributed by atoms with Gasteiger partial charge in [0.25, 0.3) is 5.91 Å². The Labute approximate surface area is 122 Å². The van der Waals surface area contributed by atoms with Crippen molar-refractivity contribution in [2.45, 2.75) is 6.42 Å². The van der Waals surface area contributed by atoms with Gasteiger partial charge in [-0.1, -0.05) is 0 Å². The summed E-state index contributed by atoms with van der Waals surface area (Å²) in [5.41, 5.74) is 1.33. The maximum absolute atomic E-state index is 12.7. The van der Waals surface area contributed by atoms with Crippen LogP contribution in [0.3, 0.4) is 0 Å². The minimum Gasteiger partial charge on any atom is -0.395 e. The number of nitrogens with zero attached hydrogens (tertiary/aromatic N) is 5. The van der Waals surface area contributed by atoms with Crippen LogP contribution in [0.4, 0.5) is 0 Å². The number of aliphatic hydroxyl groups excluding tert-OH is 1. The number of carbonyl (C=O) groups excluding carboxylic acids is 1. The summed E-state index contributed by atoms with van der Waals surface area (Å²) in [5, 5.41) is 13.2. The molecule has 2 aromatic heterocycles. The van der Waals surface area contributed by atoms with Crippen molar-refractivity contribution in [1.29, 1.82) is 0 Å². The summed E-state index contributed by atoms with van der Waals surface area (Å²) in [6.45, 7) is 3.95. The summed E-state index contributed by atoms with van der Waals surface area (Å²) >= 11 is 0. The maximum Gasteiger partial charge on any atom is 0.257 e. The first-order valence-corrected chi connectivity index (χ1v) is 7.19. The van der Waals surface area contributed by atoms with E-state index >= 15 is 0 Å². The van der Waals surface area contributed by atoms with Crippen molar-refractivity contribution < 1.29 is 9.90 Å². The second-order valence-electron chi connectivity index (χ2n) is 5.18. The number of carbonyl (C=O) groups is 1. The summed E-state index contributed by atoms with van der Waals surface area (Å²) in [7, 11) is 0. The van der Waals surface area contributed by atoms with Crippen LogP contribution < -0.4 is 0 Å². The van der Waals surface area contributed by atoms with Gasteiger partial charge in [-0.25, -0.2) is 4.52 Å². The zero-order chi connectivity index (χ0) is 14.7. The summed E-state index contributed by atoms with van der Waals surface area (Å²) < 4.78 is 1.66. The van der Waals surface area contributed by atoms with E-state index in [4.69, 9.17) is 5.11 Å². The minimum atomic E-state index is 0.00356. The topological polar surface area (TPSA) is 74.0 Å². The molecule has 0 aliphatic carbocycles. The zero-order valence-electron chi connectivity index (χ0n) is 11.9. The number of rotatable bonds is 3. The molecular formula is C14H19N5O2. The highest BCUT2D eigenvalue weighted by Gasteiger charge is 2.22. The average molecular weight is 289 g/mol. The summed E-state index contributed by atoms with van der Waals surface area (Å²) in [6.07, 6.45) is 7.57. The molecule has 7 heteroatoms. The normalized spacial score (nSPS) is 17.1. The SMILES string of the molecule is O=C(c1cnn2ccncc12)N1CCCN(CCO)CC1. The molecule has 0 aromatic carbocycles. The highest BCUT2D eigenvalue weighted by atomic mass is 16.3. The van der Waals surface area contributed by atoms with Crippen molar-refractivity contribution in [2.75, 3.05) is 39.3 Å². The van der Waals surface area contributed by atoms with Crippen molar-refractivity contribution >= 4 is 11.4 Å². The summed E-state index contributed by atoms with van der Waals surface area (Å²) in [4.78, 5) is 20.8. The minimum absolute atomic E-state index is 0.00356. The van der Waals surface area contributed by atoms with E-state index in [1.165, 1.54) is 0 Å². The van der Waals surface area contributed by atoms with Crippen LogP contribution >= 0.6 is 0 Å². The Bertz CT molecular complexity index is 627. The third kappa shape index (κ3) is 2.88. The molecule has 21 heavy (non-hydrogen) atoms. The Morgan fingerprint density at radius 2 is 2.14 bits per heavy atom. The van der Waals surface area contributed by atoms with Crippen molar-refractivity contribution in [3.8, 4) is 0 Å². The molecule has 0 atom stereocenters. The predicted octanol–water partition coefficient (Wildman–Crippen LogP) is -0.131. The van der Waals surface area contributed by atoms with Gasteiger partial charge in [0.1, 0.15) is 0 Å². The molecular weight excluding hydrogens is 270 g/mol. The van der Waals surface area contributed by atoms with E-state index in [2.05, 4.69) is 15.0 Å². The summed E-state index contributed by atoms with van der Waals surface area (Å²) in [6, 6.07) is 0. The molecule has 2 aromatic rings. The van der Waals surface area contributed by atoms with Gasteiger partial charge < -0.3 is 10.0 Å². The van der Waals surface area contributed by atoms with E-state index in [9.17, 15) is 4.79 Å². The molecule has 0 bridgehead atoms. The molecule has 0 spiro atoms. The van der Waals surface area contributed by atoms with Gasteiger partial charge >= 0.3 is 0 Å². The molecule has 0 radical (unpaired) electrons. The molecule has 0 saturated carbocycles. The van der Waals surface area contributed by atoms with E-state index in [1.54, 1.807) is 29.3 Å². The quantitative estimate of drug-likeness (QED) is 0.852. The van der Waals surface area contributed by atoms with Crippen LogP contribution in [-0.2, 0) is 0 Å². The van der Waals surface area contributed by atoms with Gasteiger partial charge in [0.05, 0.1) is 30.1 Å². The molecule has 1 fully saturated rings. The van der Waals surface area contributed by atoms with Crippen molar-refractivity contribution in [2.24, 2.45) is 0 Å². The van der Waals surface area contributed by atoms with Crippen LogP contribution in [0.15, 0.2) is 24.8 Å². The van der Waals surface area contributed by atoms with Crippen LogP contribution in [0.2, 0.25) is 0 Å². The molecule has 1 amide bonds. The second-order valence-corrected chi connectivity index (χ2v) is 5.18. The second kappa shape index (κ2) is 6.19. The molecule has 0 unspecified atom stereocenters. The Balaban J connectivity index is 1.76. The van der Waals surface area contributed by atoms with Crippen molar-refractivity contribution in [3.63, 3.8) is 0 Å². The van der Waals surface area contributed by atoms with E-state index in [1.807, 2.05) is 4.90 Å². The highest BCUT2D eigenvalue weighted by molar-refractivity contribution is 6.00. The molecule has 1 aliphatic rings. The molecule has 3 rings (SSSR count). The number of amides is 1. The Hall–Kier alpha value is -1.99. The van der Waals surface area contributed by atoms with Gasteiger partial charge in [0.15, 0.2) is 0 Å². The number of β-amino-alcohol motifs (C(OH)–C–C–N with tert-alkyl or cyclic N) is 1. The average Bonchev–Trinajstić information content (AvgIpc) is 2.80. The number of hydrogen-bond acceptors (Lipinski definition) is 5. The molecule has 3 heterocycles. The first-order valence-electron chi connectivity index (χ1n) is 7.19. The maximum atomic E-state index is 12.7. The number of hydrogen-bond donors (Lipinski definition) is 1. The van der Waals surface area contributed by atoms with Crippen LogP contribution in [0.5, 0.6) is 0 Å². The number of aromatic nitrogens is 3. The third-order valence-corrected chi connectivity index (χ3v) is 3.85. The summed E-state index contributed by atoms with van der Waals surface area (Å²) in [5.74, 6) is 0.00356. The Morgan fingerprint density at radius 3 is 3.00 bits per heavy atom. The lowest BCUT2D eigenvalue weighted by atomic mass is 10.2. The standard InChI is InChI=1S/C14H19N5O2/c20-9-8-17-3-1-4-18(7-6-17)14(21)12-10-16-19-5-2-15-11-13(12)19/h2,5,10-11,20H,1,3-4,6-9H2. The lowest BCUT2D eigenvalue weighted by Crippen LogP contribution is -2.35. The van der Waals surface area contributed by atoms with E-state index < -0.39 is 0 Å².